The Balaban J connectivity index is 3.31. The van der Waals surface area contributed by atoms with Gasteiger partial charge in [-0.15, -0.1) is 0 Å². The summed E-state index contributed by atoms with van der Waals surface area (Å²) in [4.78, 5) is 11.0. The first-order valence-corrected chi connectivity index (χ1v) is 4.18. The number of hydrogen-bond acceptors (Lipinski definition) is 4. The van der Waals surface area contributed by atoms with E-state index in [1.807, 2.05) is 0 Å². The van der Waals surface area contributed by atoms with Gasteiger partial charge in [0, 0.05) is 0 Å². The maximum absolute atomic E-state index is 12.6. The lowest BCUT2D eigenvalue weighted by atomic mass is 10.0. The molecule has 0 aromatic carbocycles. The van der Waals surface area contributed by atoms with E-state index in [0.717, 1.165) is 13.2 Å². The van der Waals surface area contributed by atoms with Crippen LogP contribution in [0, 0.1) is 6.92 Å². The highest BCUT2D eigenvalue weighted by Gasteiger charge is 2.64. The van der Waals surface area contributed by atoms with E-state index in [9.17, 15) is 23.1 Å². The molecule has 0 bridgehead atoms. The van der Waals surface area contributed by atoms with Crippen LogP contribution in [0.5, 0.6) is 0 Å². The van der Waals surface area contributed by atoms with Crippen LogP contribution in [0.25, 0.3) is 0 Å². The molecular weight excluding hydrogens is 229 g/mol. The maximum atomic E-state index is 12.6. The van der Waals surface area contributed by atoms with Crippen molar-refractivity contribution in [3.8, 4) is 0 Å². The van der Waals surface area contributed by atoms with Crippen LogP contribution in [-0.4, -0.2) is 24.4 Å². The minimum absolute atomic E-state index is 0.140. The van der Waals surface area contributed by atoms with Crippen molar-refractivity contribution in [2.24, 2.45) is 0 Å². The van der Waals surface area contributed by atoms with Gasteiger partial charge in [-0.05, 0) is 19.1 Å². The molecule has 7 heteroatoms. The minimum atomic E-state index is -5.22. The molecule has 0 aliphatic rings. The molecule has 0 radical (unpaired) electrons. The zero-order chi connectivity index (χ0) is 12.6. The van der Waals surface area contributed by atoms with E-state index in [2.05, 4.69) is 9.15 Å². The lowest BCUT2D eigenvalue weighted by molar-refractivity contribution is -0.271. The fourth-order valence-electron chi connectivity index (χ4n) is 1.13. The number of hydrogen-bond donors (Lipinski definition) is 1. The van der Waals surface area contributed by atoms with Crippen molar-refractivity contribution in [1.82, 2.24) is 0 Å². The summed E-state index contributed by atoms with van der Waals surface area (Å²) in [5, 5.41) is 9.41. The molecule has 1 atom stereocenters. The second-order valence-electron chi connectivity index (χ2n) is 3.11. The summed E-state index contributed by atoms with van der Waals surface area (Å²) in [5.41, 5.74) is -3.77. The first-order valence-electron chi connectivity index (χ1n) is 4.18. The molecule has 1 rings (SSSR count). The quantitative estimate of drug-likeness (QED) is 0.793. The summed E-state index contributed by atoms with van der Waals surface area (Å²) in [7, 11) is 0.745. The van der Waals surface area contributed by atoms with E-state index in [1.165, 1.54) is 13.0 Å². The number of alkyl halides is 3. The van der Waals surface area contributed by atoms with Crippen LogP contribution in [0.4, 0.5) is 13.2 Å². The molecule has 1 aromatic heterocycles. The van der Waals surface area contributed by atoms with E-state index < -0.39 is 23.5 Å². The lowest BCUT2D eigenvalue weighted by Crippen LogP contribution is -2.49. The van der Waals surface area contributed by atoms with Crippen LogP contribution in [-0.2, 0) is 15.1 Å². The summed E-state index contributed by atoms with van der Waals surface area (Å²) in [6, 6.07) is 2.08. The number of rotatable bonds is 2. The molecule has 0 unspecified atom stereocenters. The molecule has 0 amide bonds. The van der Waals surface area contributed by atoms with Crippen LogP contribution in [0.3, 0.4) is 0 Å². The molecule has 0 fully saturated rings. The number of halogens is 3. The largest absolute Gasteiger partial charge is 0.466 e. The Morgan fingerprint density at radius 3 is 2.31 bits per heavy atom. The molecule has 0 saturated carbocycles. The van der Waals surface area contributed by atoms with Gasteiger partial charge >= 0.3 is 17.7 Å². The van der Waals surface area contributed by atoms with Gasteiger partial charge < -0.3 is 14.3 Å². The number of aryl methyl sites for hydroxylation is 1. The normalized spacial score (nSPS) is 15.6. The summed E-state index contributed by atoms with van der Waals surface area (Å²) < 4.78 is 46.4. The second-order valence-corrected chi connectivity index (χ2v) is 3.11. The average Bonchev–Trinajstić information content (AvgIpc) is 2.60. The van der Waals surface area contributed by atoms with Crippen molar-refractivity contribution >= 4 is 5.97 Å². The standard InChI is InChI=1S/C9H9F3O4/c1-5-3-4-6(16-5)8(14,7(13)15-2)9(10,11)12/h3-4,14H,1-2H3/t8-/m1/s1. The van der Waals surface area contributed by atoms with Crippen LogP contribution in [0.2, 0.25) is 0 Å². The Morgan fingerprint density at radius 1 is 1.44 bits per heavy atom. The number of esters is 1. The molecule has 90 valence electrons. The molecular formula is C9H9F3O4. The number of furan rings is 1. The third-order valence-corrected chi connectivity index (χ3v) is 1.99. The minimum Gasteiger partial charge on any atom is -0.466 e. The Hall–Kier alpha value is -1.50. The van der Waals surface area contributed by atoms with Crippen LogP contribution < -0.4 is 0 Å². The number of carbonyl (C=O) groups is 1. The Bertz CT molecular complexity index is 396. The van der Waals surface area contributed by atoms with Crippen LogP contribution in [0.15, 0.2) is 16.5 Å². The molecule has 0 spiro atoms. The Labute approximate surface area is 88.6 Å². The zero-order valence-electron chi connectivity index (χ0n) is 8.46. The van der Waals surface area contributed by atoms with Crippen LogP contribution in [0.1, 0.15) is 11.5 Å². The SMILES string of the molecule is COC(=O)[C@](O)(c1ccc(C)o1)C(F)(F)F. The van der Waals surface area contributed by atoms with Gasteiger partial charge in [-0.3, -0.25) is 0 Å². The fourth-order valence-corrected chi connectivity index (χ4v) is 1.13. The monoisotopic (exact) mass is 238 g/mol. The van der Waals surface area contributed by atoms with E-state index in [0.29, 0.717) is 0 Å². The molecule has 1 N–H and O–H groups in total. The van der Waals surface area contributed by atoms with Crippen molar-refractivity contribution in [3.63, 3.8) is 0 Å². The number of aliphatic hydroxyl groups is 1. The van der Waals surface area contributed by atoms with E-state index in [-0.39, 0.29) is 5.76 Å². The van der Waals surface area contributed by atoms with Gasteiger partial charge in [0.25, 0.3) is 0 Å². The predicted molar refractivity (Wildman–Crippen MR) is 45.4 cm³/mol. The Kier molecular flexibility index (Phi) is 3.00. The highest BCUT2D eigenvalue weighted by molar-refractivity contribution is 5.81. The molecule has 16 heavy (non-hydrogen) atoms. The summed E-state index contributed by atoms with van der Waals surface area (Å²) in [6.07, 6.45) is -5.22. The van der Waals surface area contributed by atoms with Crippen molar-refractivity contribution in [2.45, 2.75) is 18.7 Å². The first kappa shape index (κ1) is 12.6. The van der Waals surface area contributed by atoms with Gasteiger partial charge in [0.2, 0.25) is 0 Å². The van der Waals surface area contributed by atoms with Crippen molar-refractivity contribution in [3.05, 3.63) is 23.7 Å². The van der Waals surface area contributed by atoms with E-state index in [4.69, 9.17) is 0 Å². The van der Waals surface area contributed by atoms with Gasteiger partial charge in [-0.1, -0.05) is 0 Å². The Morgan fingerprint density at radius 2 is 2.00 bits per heavy atom. The van der Waals surface area contributed by atoms with E-state index in [1.54, 1.807) is 0 Å². The smallest absolute Gasteiger partial charge is 0.435 e. The molecule has 1 heterocycles. The molecule has 4 nitrogen and oxygen atoms in total. The average molecular weight is 238 g/mol. The van der Waals surface area contributed by atoms with Gasteiger partial charge in [-0.2, -0.15) is 13.2 Å². The highest BCUT2D eigenvalue weighted by Crippen LogP contribution is 2.40. The van der Waals surface area contributed by atoms with Gasteiger partial charge in [0.05, 0.1) is 7.11 Å². The van der Waals surface area contributed by atoms with Gasteiger partial charge in [-0.25, -0.2) is 4.79 Å². The fraction of sp³-hybridized carbons (Fsp3) is 0.444. The van der Waals surface area contributed by atoms with Gasteiger partial charge in [0.15, 0.2) is 5.76 Å². The summed E-state index contributed by atoms with van der Waals surface area (Å²) >= 11 is 0. The molecule has 0 aliphatic heterocycles. The van der Waals surface area contributed by atoms with Gasteiger partial charge in [0.1, 0.15) is 5.76 Å². The highest BCUT2D eigenvalue weighted by atomic mass is 19.4. The third-order valence-electron chi connectivity index (χ3n) is 1.99. The molecule has 1 aromatic rings. The topological polar surface area (TPSA) is 59.7 Å². The first-order chi connectivity index (χ1) is 7.23. The van der Waals surface area contributed by atoms with Crippen molar-refractivity contribution in [1.29, 1.82) is 0 Å². The third kappa shape index (κ3) is 1.78. The molecule has 0 saturated heterocycles. The zero-order valence-corrected chi connectivity index (χ0v) is 8.46. The van der Waals surface area contributed by atoms with Crippen molar-refractivity contribution in [2.75, 3.05) is 7.11 Å². The van der Waals surface area contributed by atoms with Crippen molar-refractivity contribution < 1.29 is 32.2 Å². The maximum Gasteiger partial charge on any atom is 0.435 e. The summed E-state index contributed by atoms with van der Waals surface area (Å²) in [5.74, 6) is -2.61. The number of carbonyl (C=O) groups excluding carboxylic acids is 1. The van der Waals surface area contributed by atoms with E-state index >= 15 is 0 Å². The molecule has 0 aliphatic carbocycles. The number of ether oxygens (including phenoxy) is 1. The second kappa shape index (κ2) is 3.82. The summed E-state index contributed by atoms with van der Waals surface area (Å²) in [6.45, 7) is 1.39. The number of methoxy groups -OCH3 is 1. The predicted octanol–water partition coefficient (Wildman–Crippen LogP) is 1.51. The van der Waals surface area contributed by atoms with Crippen LogP contribution >= 0.6 is 0 Å². The lowest BCUT2D eigenvalue weighted by Gasteiger charge is -2.25.